The van der Waals surface area contributed by atoms with Gasteiger partial charge in [-0.3, -0.25) is 14.3 Å². The van der Waals surface area contributed by atoms with Gasteiger partial charge >= 0.3 is 0 Å². The van der Waals surface area contributed by atoms with Crippen LogP contribution in [0.4, 0.5) is 11.4 Å². The molecule has 3 N–H and O–H groups in total. The summed E-state index contributed by atoms with van der Waals surface area (Å²) in [5.74, 6) is -0.297. The lowest BCUT2D eigenvalue weighted by Crippen LogP contribution is -2.17. The number of amides is 1. The summed E-state index contributed by atoms with van der Waals surface area (Å²) in [4.78, 5) is 22.9. The fraction of sp³-hybridized carbons (Fsp3) is 0.154. The van der Waals surface area contributed by atoms with Crippen LogP contribution < -0.4 is 20.3 Å². The molecule has 0 bridgehead atoms. The molecule has 0 aliphatic rings. The summed E-state index contributed by atoms with van der Waals surface area (Å²) in [5.41, 5.74) is 0.232. The molecule has 0 unspecified atom stereocenters. The molecule has 0 saturated carbocycles. The lowest BCUT2D eigenvalue weighted by Gasteiger charge is -2.12. The van der Waals surface area contributed by atoms with Crippen LogP contribution in [0.25, 0.3) is 0 Å². The molecule has 23 heavy (non-hydrogen) atoms. The van der Waals surface area contributed by atoms with Gasteiger partial charge in [0.2, 0.25) is 10.0 Å². The Balaban J connectivity index is 2.22. The van der Waals surface area contributed by atoms with E-state index in [0.717, 1.165) is 6.26 Å². The van der Waals surface area contributed by atoms with Crippen LogP contribution in [0, 0.1) is 0 Å². The number of carbonyl (C=O) groups is 1. The molecule has 0 aliphatic carbocycles. The maximum Gasteiger partial charge on any atom is 0.276 e. The minimum Gasteiger partial charge on any atom is -0.494 e. The van der Waals surface area contributed by atoms with E-state index in [1.54, 1.807) is 0 Å². The van der Waals surface area contributed by atoms with Crippen LogP contribution in [0.15, 0.2) is 35.1 Å². The van der Waals surface area contributed by atoms with E-state index in [1.165, 1.54) is 37.4 Å². The van der Waals surface area contributed by atoms with E-state index < -0.39 is 21.5 Å². The van der Waals surface area contributed by atoms with Crippen LogP contribution in [-0.4, -0.2) is 37.9 Å². The number of methoxy groups -OCH3 is 1. The van der Waals surface area contributed by atoms with Gasteiger partial charge in [-0.25, -0.2) is 13.5 Å². The Morgan fingerprint density at radius 2 is 2.00 bits per heavy atom. The SMILES string of the molecule is COc1cc(NC(=O)c2ccc(=O)[nH]n2)ccc1NS(C)(=O)=O. The average molecular weight is 338 g/mol. The van der Waals surface area contributed by atoms with Gasteiger partial charge in [0.25, 0.3) is 11.5 Å². The summed E-state index contributed by atoms with van der Waals surface area (Å²) in [6.45, 7) is 0. The zero-order valence-corrected chi connectivity index (χ0v) is 13.1. The van der Waals surface area contributed by atoms with Gasteiger partial charge < -0.3 is 10.1 Å². The van der Waals surface area contributed by atoms with Crippen molar-refractivity contribution in [1.29, 1.82) is 0 Å². The predicted molar refractivity (Wildman–Crippen MR) is 84.3 cm³/mol. The summed E-state index contributed by atoms with van der Waals surface area (Å²) in [6.07, 6.45) is 1.02. The molecule has 1 amide bonds. The Bertz CT molecular complexity index is 871. The van der Waals surface area contributed by atoms with E-state index in [-0.39, 0.29) is 17.1 Å². The first-order chi connectivity index (χ1) is 10.8. The van der Waals surface area contributed by atoms with Crippen molar-refractivity contribution in [3.63, 3.8) is 0 Å². The molecule has 0 atom stereocenters. The van der Waals surface area contributed by atoms with Crippen LogP contribution in [0.3, 0.4) is 0 Å². The molecule has 2 rings (SSSR count). The first kappa shape index (κ1) is 16.5. The van der Waals surface area contributed by atoms with E-state index in [4.69, 9.17) is 4.74 Å². The van der Waals surface area contributed by atoms with E-state index in [9.17, 15) is 18.0 Å². The van der Waals surface area contributed by atoms with Crippen LogP contribution >= 0.6 is 0 Å². The smallest absolute Gasteiger partial charge is 0.276 e. The number of carbonyl (C=O) groups excluding carboxylic acids is 1. The van der Waals surface area contributed by atoms with E-state index in [1.807, 2.05) is 0 Å². The summed E-state index contributed by atoms with van der Waals surface area (Å²) in [7, 11) is -2.08. The Labute approximate surface area is 131 Å². The third-order valence-electron chi connectivity index (χ3n) is 2.67. The van der Waals surface area contributed by atoms with Crippen molar-refractivity contribution in [3.05, 3.63) is 46.4 Å². The number of ether oxygens (including phenoxy) is 1. The molecule has 0 aliphatic heterocycles. The van der Waals surface area contributed by atoms with Crippen molar-refractivity contribution in [2.45, 2.75) is 0 Å². The highest BCUT2D eigenvalue weighted by molar-refractivity contribution is 7.92. The van der Waals surface area contributed by atoms with Crippen molar-refractivity contribution >= 4 is 27.3 Å². The number of benzene rings is 1. The van der Waals surface area contributed by atoms with Crippen molar-refractivity contribution in [3.8, 4) is 5.75 Å². The fourth-order valence-electron chi connectivity index (χ4n) is 1.72. The number of hydrogen-bond acceptors (Lipinski definition) is 6. The van der Waals surface area contributed by atoms with Crippen LogP contribution in [0.1, 0.15) is 10.5 Å². The second kappa shape index (κ2) is 6.48. The molecule has 0 radical (unpaired) electrons. The van der Waals surface area contributed by atoms with Crippen molar-refractivity contribution in [2.75, 3.05) is 23.4 Å². The zero-order valence-electron chi connectivity index (χ0n) is 12.3. The first-order valence-electron chi connectivity index (χ1n) is 6.31. The third-order valence-corrected chi connectivity index (χ3v) is 3.26. The highest BCUT2D eigenvalue weighted by atomic mass is 32.2. The van der Waals surface area contributed by atoms with Crippen molar-refractivity contribution in [1.82, 2.24) is 10.2 Å². The zero-order chi connectivity index (χ0) is 17.0. The quantitative estimate of drug-likeness (QED) is 0.723. The van der Waals surface area contributed by atoms with Crippen molar-refractivity contribution in [2.24, 2.45) is 0 Å². The maximum absolute atomic E-state index is 12.0. The molecule has 0 saturated heterocycles. The minimum atomic E-state index is -3.45. The Morgan fingerprint density at radius 3 is 2.57 bits per heavy atom. The summed E-state index contributed by atoms with van der Waals surface area (Å²) < 4.78 is 29.9. The van der Waals surface area contributed by atoms with Crippen LogP contribution in [-0.2, 0) is 10.0 Å². The number of hydrogen-bond donors (Lipinski definition) is 3. The molecule has 2 aromatic rings. The molecule has 1 heterocycles. The molecule has 122 valence electrons. The largest absolute Gasteiger partial charge is 0.494 e. The number of aromatic nitrogens is 2. The predicted octanol–water partition coefficient (Wildman–Crippen LogP) is 0.402. The van der Waals surface area contributed by atoms with E-state index in [2.05, 4.69) is 20.2 Å². The fourth-order valence-corrected chi connectivity index (χ4v) is 2.29. The summed E-state index contributed by atoms with van der Waals surface area (Å²) in [6, 6.07) is 6.87. The van der Waals surface area contributed by atoms with E-state index >= 15 is 0 Å². The van der Waals surface area contributed by atoms with E-state index in [0.29, 0.717) is 5.69 Å². The number of nitrogens with one attached hydrogen (secondary N) is 3. The highest BCUT2D eigenvalue weighted by Crippen LogP contribution is 2.28. The maximum atomic E-state index is 12.0. The molecule has 1 aromatic heterocycles. The Kier molecular flexibility index (Phi) is 4.65. The lowest BCUT2D eigenvalue weighted by molar-refractivity contribution is 0.102. The minimum absolute atomic E-state index is 0.0295. The second-order valence-corrected chi connectivity index (χ2v) is 6.30. The number of sulfonamides is 1. The normalized spacial score (nSPS) is 10.9. The van der Waals surface area contributed by atoms with Gasteiger partial charge in [-0.1, -0.05) is 0 Å². The van der Waals surface area contributed by atoms with Gasteiger partial charge in [-0.2, -0.15) is 5.10 Å². The molecule has 0 fully saturated rings. The molecule has 10 heteroatoms. The standard InChI is InChI=1S/C13H14N4O5S/c1-22-11-7-8(3-4-9(11)17-23(2,20)21)14-13(19)10-5-6-12(18)16-15-10/h3-7,17H,1-2H3,(H,14,19)(H,16,18). The van der Waals surface area contributed by atoms with Gasteiger partial charge in [0.1, 0.15) is 11.4 Å². The Hall–Kier alpha value is -2.88. The van der Waals surface area contributed by atoms with Gasteiger partial charge in [0, 0.05) is 17.8 Å². The lowest BCUT2D eigenvalue weighted by atomic mass is 10.2. The molecule has 1 aromatic carbocycles. The highest BCUT2D eigenvalue weighted by Gasteiger charge is 2.12. The number of anilines is 2. The summed E-state index contributed by atoms with van der Waals surface area (Å²) >= 11 is 0. The van der Waals surface area contributed by atoms with Crippen molar-refractivity contribution < 1.29 is 17.9 Å². The van der Waals surface area contributed by atoms with Gasteiger partial charge in [-0.15, -0.1) is 0 Å². The monoisotopic (exact) mass is 338 g/mol. The molecule has 0 spiro atoms. The number of nitrogens with zero attached hydrogens (tertiary/aromatic N) is 1. The van der Waals surface area contributed by atoms with Gasteiger partial charge in [0.05, 0.1) is 19.1 Å². The third kappa shape index (κ3) is 4.54. The topological polar surface area (TPSA) is 130 Å². The number of H-pyrrole nitrogens is 1. The van der Waals surface area contributed by atoms with Gasteiger partial charge in [-0.05, 0) is 18.2 Å². The van der Waals surface area contributed by atoms with Gasteiger partial charge in [0.15, 0.2) is 0 Å². The first-order valence-corrected chi connectivity index (χ1v) is 8.20. The molecular formula is C13H14N4O5S. The average Bonchev–Trinajstić information content (AvgIpc) is 2.48. The van der Waals surface area contributed by atoms with Crippen LogP contribution in [0.2, 0.25) is 0 Å². The number of rotatable bonds is 5. The molecular weight excluding hydrogens is 324 g/mol. The van der Waals surface area contributed by atoms with Crippen LogP contribution in [0.5, 0.6) is 5.75 Å². The summed E-state index contributed by atoms with van der Waals surface area (Å²) in [5, 5.41) is 8.33. The number of aromatic amines is 1. The molecule has 9 nitrogen and oxygen atoms in total. The second-order valence-electron chi connectivity index (χ2n) is 4.55. The Morgan fingerprint density at radius 1 is 1.26 bits per heavy atom.